The fourth-order valence-electron chi connectivity index (χ4n) is 11.2. The van der Waals surface area contributed by atoms with Crippen LogP contribution in [0.2, 0.25) is 0 Å². The quantitative estimate of drug-likeness (QED) is 0.160. The van der Waals surface area contributed by atoms with Gasteiger partial charge in [0.05, 0.1) is 22.1 Å². The Hall–Kier alpha value is -9.16. The Balaban J connectivity index is 0.915. The summed E-state index contributed by atoms with van der Waals surface area (Å²) < 4.78 is 18.5. The molecule has 0 N–H and O–H groups in total. The second-order valence-corrected chi connectivity index (χ2v) is 19.4. The Morgan fingerprint density at radius 2 is 0.873 bits per heavy atom. The number of fused-ring (bicyclic) bond motifs is 12. The zero-order valence-electron chi connectivity index (χ0n) is 38.2. The van der Waals surface area contributed by atoms with Crippen molar-refractivity contribution in [2.24, 2.45) is 0 Å². The molecule has 0 unspecified atom stereocenters. The van der Waals surface area contributed by atoms with Crippen LogP contribution in [0.25, 0.3) is 125 Å². The summed E-state index contributed by atoms with van der Waals surface area (Å²) in [5, 5.41) is 9.42. The van der Waals surface area contributed by atoms with E-state index in [0.717, 1.165) is 88.9 Å². The summed E-state index contributed by atoms with van der Waals surface area (Å²) in [5.74, 6) is 0. The zero-order chi connectivity index (χ0) is 46.6. The van der Waals surface area contributed by atoms with E-state index in [1.807, 2.05) is 23.5 Å². The number of hydrogen-bond donors (Lipinski definition) is 0. The highest BCUT2D eigenvalue weighted by atomic mass is 32.1. The van der Waals surface area contributed by atoms with E-state index in [0.29, 0.717) is 0 Å². The van der Waals surface area contributed by atoms with Crippen LogP contribution in [0.4, 0.5) is 17.1 Å². The average molecular weight is 925 g/mol. The average Bonchev–Trinajstić information content (AvgIpc) is 4.21. The number of aromatic nitrogens is 1. The van der Waals surface area contributed by atoms with Gasteiger partial charge in [-0.3, -0.25) is 0 Å². The minimum absolute atomic E-state index is 0.842. The van der Waals surface area contributed by atoms with E-state index in [1.54, 1.807) is 0 Å². The number of nitrogens with zero attached hydrogens (tertiary/aromatic N) is 2. The lowest BCUT2D eigenvalue weighted by atomic mass is 9.97. The number of anilines is 3. The molecule has 4 nitrogen and oxygen atoms in total. The molecule has 332 valence electrons. The topological polar surface area (TPSA) is 34.5 Å². The monoisotopic (exact) mass is 924 g/mol. The van der Waals surface area contributed by atoms with Gasteiger partial charge in [0.15, 0.2) is 0 Å². The predicted octanol–water partition coefficient (Wildman–Crippen LogP) is 19.4. The Bertz CT molecular complexity index is 4540. The molecule has 0 radical (unpaired) electrons. The van der Waals surface area contributed by atoms with Crippen LogP contribution in [-0.4, -0.2) is 4.57 Å². The molecule has 0 saturated heterocycles. The first-order valence-electron chi connectivity index (χ1n) is 24.1. The molecule has 0 amide bonds. The molecule has 5 heteroatoms. The van der Waals surface area contributed by atoms with E-state index in [-0.39, 0.29) is 0 Å². The normalized spacial score (nSPS) is 11.9. The van der Waals surface area contributed by atoms with Crippen molar-refractivity contribution in [3.63, 3.8) is 0 Å². The fourth-order valence-corrected chi connectivity index (χ4v) is 12.4. The van der Waals surface area contributed by atoms with Gasteiger partial charge in [-0.2, -0.15) is 0 Å². The maximum absolute atomic E-state index is 7.02. The van der Waals surface area contributed by atoms with Gasteiger partial charge in [-0.05, 0) is 107 Å². The third kappa shape index (κ3) is 6.17. The molecular formula is C66H40N2O2S. The largest absolute Gasteiger partial charge is 0.455 e. The number of benzene rings is 11. The summed E-state index contributed by atoms with van der Waals surface area (Å²) in [6.07, 6.45) is 0. The lowest BCUT2D eigenvalue weighted by molar-refractivity contribution is 0.669. The van der Waals surface area contributed by atoms with Crippen LogP contribution < -0.4 is 4.90 Å². The van der Waals surface area contributed by atoms with Crippen molar-refractivity contribution in [1.82, 2.24) is 4.57 Å². The van der Waals surface area contributed by atoms with Crippen molar-refractivity contribution >= 4 is 114 Å². The highest BCUT2D eigenvalue weighted by Crippen LogP contribution is 2.48. The lowest BCUT2D eigenvalue weighted by Gasteiger charge is -2.27. The highest BCUT2D eigenvalue weighted by molar-refractivity contribution is 7.25. The third-order valence-electron chi connectivity index (χ3n) is 14.4. The first-order chi connectivity index (χ1) is 35.2. The van der Waals surface area contributed by atoms with Crippen molar-refractivity contribution in [1.29, 1.82) is 0 Å². The Kier molecular flexibility index (Phi) is 8.79. The molecule has 4 heterocycles. The summed E-state index contributed by atoms with van der Waals surface area (Å²) in [6, 6.07) is 87.3. The molecule has 0 aliphatic rings. The van der Waals surface area contributed by atoms with Crippen LogP contribution in [0.5, 0.6) is 0 Å². The van der Waals surface area contributed by atoms with Crippen LogP contribution in [0, 0.1) is 0 Å². The number of thiophene rings is 1. The molecule has 71 heavy (non-hydrogen) atoms. The third-order valence-corrected chi connectivity index (χ3v) is 15.6. The van der Waals surface area contributed by atoms with Crippen LogP contribution >= 0.6 is 11.3 Å². The molecule has 0 aliphatic carbocycles. The van der Waals surface area contributed by atoms with E-state index >= 15 is 0 Å². The number of rotatable bonds is 7. The van der Waals surface area contributed by atoms with Gasteiger partial charge >= 0.3 is 0 Å². The second kappa shape index (κ2) is 15.7. The highest BCUT2D eigenvalue weighted by Gasteiger charge is 2.24. The van der Waals surface area contributed by atoms with E-state index in [9.17, 15) is 0 Å². The minimum Gasteiger partial charge on any atom is -0.455 e. The van der Waals surface area contributed by atoms with Gasteiger partial charge in [0.25, 0.3) is 0 Å². The summed E-state index contributed by atoms with van der Waals surface area (Å²) in [7, 11) is 0. The smallest absolute Gasteiger partial charge is 0.145 e. The summed E-state index contributed by atoms with van der Waals surface area (Å²) >= 11 is 1.85. The molecule has 0 saturated carbocycles. The molecule has 15 rings (SSSR count). The van der Waals surface area contributed by atoms with E-state index < -0.39 is 0 Å². The van der Waals surface area contributed by atoms with Gasteiger partial charge in [0, 0.05) is 75.3 Å². The van der Waals surface area contributed by atoms with Gasteiger partial charge in [-0.15, -0.1) is 11.3 Å². The van der Waals surface area contributed by atoms with Crippen LogP contribution in [0.3, 0.4) is 0 Å². The SMILES string of the molecule is c1cc(-c2ccc(N(c3ccc(-c4cccc5c4oc4ccccc45)cc3)c3ccc(-c4cccc5sc6ccccc6c45)cc3)c3c2oc2ccccc23)cc(-n2c3ccccc3c3ccccc32)c1. The lowest BCUT2D eigenvalue weighted by Crippen LogP contribution is -2.10. The standard InChI is InChI=1S/C66H40N2O2S/c1-6-24-56-50(16-1)51-17-2-7-25-57(51)68(56)46-15-11-14-43(40-46)49-38-39-58(64-54-19-4-9-27-60(54)70-66(49)64)67(44-34-30-41(31-35-44)47-21-13-29-62-63(47)55-20-5-10-28-61(55)71-62)45-36-32-42(33-37-45)48-22-12-23-53-52-18-3-8-26-59(52)69-65(48)53/h1-40H. The van der Waals surface area contributed by atoms with Gasteiger partial charge in [0.1, 0.15) is 22.3 Å². The zero-order valence-corrected chi connectivity index (χ0v) is 39.0. The van der Waals surface area contributed by atoms with Crippen LogP contribution in [-0.2, 0) is 0 Å². The van der Waals surface area contributed by atoms with Gasteiger partial charge in [-0.1, -0.05) is 158 Å². The fraction of sp³-hybridized carbons (Fsp3) is 0. The first kappa shape index (κ1) is 39.8. The van der Waals surface area contributed by atoms with Crippen molar-refractivity contribution in [3.8, 4) is 39.1 Å². The van der Waals surface area contributed by atoms with E-state index in [2.05, 4.69) is 240 Å². The molecule has 0 aliphatic heterocycles. The second-order valence-electron chi connectivity index (χ2n) is 18.3. The first-order valence-corrected chi connectivity index (χ1v) is 24.9. The summed E-state index contributed by atoms with van der Waals surface area (Å²) in [6.45, 7) is 0. The predicted molar refractivity (Wildman–Crippen MR) is 299 cm³/mol. The maximum atomic E-state index is 7.02. The molecule has 4 aromatic heterocycles. The molecule has 0 fully saturated rings. The Morgan fingerprint density at radius 1 is 0.338 bits per heavy atom. The molecule has 0 atom stereocenters. The molecule has 0 bridgehead atoms. The molecular weight excluding hydrogens is 885 g/mol. The van der Waals surface area contributed by atoms with Gasteiger partial charge in [0.2, 0.25) is 0 Å². The number of furan rings is 2. The number of para-hydroxylation sites is 5. The van der Waals surface area contributed by atoms with Gasteiger partial charge in [-0.25, -0.2) is 0 Å². The Labute approximate surface area is 412 Å². The van der Waals surface area contributed by atoms with Crippen molar-refractivity contribution in [3.05, 3.63) is 243 Å². The number of hydrogen-bond acceptors (Lipinski definition) is 4. The van der Waals surface area contributed by atoms with E-state index in [4.69, 9.17) is 8.83 Å². The molecule has 0 spiro atoms. The van der Waals surface area contributed by atoms with E-state index in [1.165, 1.54) is 53.1 Å². The maximum Gasteiger partial charge on any atom is 0.145 e. The Morgan fingerprint density at radius 3 is 1.62 bits per heavy atom. The van der Waals surface area contributed by atoms with Crippen molar-refractivity contribution < 1.29 is 8.83 Å². The van der Waals surface area contributed by atoms with Gasteiger partial charge < -0.3 is 18.3 Å². The summed E-state index contributed by atoms with van der Waals surface area (Å²) in [5.41, 5.74) is 16.7. The van der Waals surface area contributed by atoms with Crippen molar-refractivity contribution in [2.75, 3.05) is 4.90 Å². The summed E-state index contributed by atoms with van der Waals surface area (Å²) in [4.78, 5) is 2.39. The molecule has 15 aromatic rings. The van der Waals surface area contributed by atoms with Crippen molar-refractivity contribution in [2.45, 2.75) is 0 Å². The van der Waals surface area contributed by atoms with Crippen LogP contribution in [0.1, 0.15) is 0 Å². The minimum atomic E-state index is 0.842. The molecule has 11 aromatic carbocycles. The van der Waals surface area contributed by atoms with Crippen LogP contribution in [0.15, 0.2) is 251 Å².